The minimum atomic E-state index is -0.619. The molecule has 3 saturated heterocycles. The van der Waals surface area contributed by atoms with Crippen molar-refractivity contribution in [2.24, 2.45) is 11.8 Å². The van der Waals surface area contributed by atoms with Gasteiger partial charge in [-0.25, -0.2) is 4.39 Å². The number of hydrogen-bond acceptors (Lipinski definition) is 3. The van der Waals surface area contributed by atoms with Gasteiger partial charge in [0.05, 0.1) is 5.41 Å². The Morgan fingerprint density at radius 1 is 1.22 bits per heavy atom. The van der Waals surface area contributed by atoms with E-state index in [9.17, 15) is 9.18 Å². The number of hydrogen-bond donors (Lipinski definition) is 1. The summed E-state index contributed by atoms with van der Waals surface area (Å²) in [5.41, 5.74) is 0.188. The van der Waals surface area contributed by atoms with Crippen LogP contribution in [0, 0.1) is 17.7 Å². The summed E-state index contributed by atoms with van der Waals surface area (Å²) in [6, 6.07) is 6.57. The van der Waals surface area contributed by atoms with Gasteiger partial charge in [0.2, 0.25) is 5.91 Å². The van der Waals surface area contributed by atoms with E-state index in [1.807, 2.05) is 11.0 Å². The minimum Gasteiger partial charge on any atom is -0.381 e. The lowest BCUT2D eigenvalue weighted by molar-refractivity contribution is -0.140. The molecule has 0 saturated carbocycles. The van der Waals surface area contributed by atoms with E-state index in [1.54, 1.807) is 6.07 Å². The van der Waals surface area contributed by atoms with E-state index in [2.05, 4.69) is 5.32 Å². The zero-order valence-electron chi connectivity index (χ0n) is 13.3. The summed E-state index contributed by atoms with van der Waals surface area (Å²) in [6.45, 7) is 4.78. The van der Waals surface area contributed by atoms with Crippen molar-refractivity contribution in [3.8, 4) is 0 Å². The largest absolute Gasteiger partial charge is 0.381 e. The molecular formula is C18H23FN2O2. The molecule has 0 spiro atoms. The summed E-state index contributed by atoms with van der Waals surface area (Å²) in [4.78, 5) is 15.4. The van der Waals surface area contributed by atoms with Crippen LogP contribution in [0.15, 0.2) is 24.3 Å². The van der Waals surface area contributed by atoms with Crippen molar-refractivity contribution in [2.75, 3.05) is 39.4 Å². The molecule has 0 aliphatic carbocycles. The lowest BCUT2D eigenvalue weighted by atomic mass is 9.73. The molecule has 3 heterocycles. The molecular weight excluding hydrogens is 295 g/mol. The van der Waals surface area contributed by atoms with Crippen LogP contribution in [0.1, 0.15) is 18.4 Å². The molecule has 1 aromatic carbocycles. The minimum absolute atomic E-state index is 0.167. The Kier molecular flexibility index (Phi) is 3.85. The van der Waals surface area contributed by atoms with Gasteiger partial charge >= 0.3 is 0 Å². The van der Waals surface area contributed by atoms with Gasteiger partial charge in [-0.3, -0.25) is 4.79 Å². The van der Waals surface area contributed by atoms with E-state index < -0.39 is 5.41 Å². The highest BCUT2D eigenvalue weighted by Crippen LogP contribution is 2.39. The Labute approximate surface area is 136 Å². The number of nitrogens with zero attached hydrogens (tertiary/aromatic N) is 1. The first-order valence-electron chi connectivity index (χ1n) is 8.53. The predicted molar refractivity (Wildman–Crippen MR) is 84.6 cm³/mol. The monoisotopic (exact) mass is 318 g/mol. The zero-order chi connectivity index (χ0) is 15.9. The van der Waals surface area contributed by atoms with E-state index in [4.69, 9.17) is 4.74 Å². The van der Waals surface area contributed by atoms with Crippen LogP contribution in [0.2, 0.25) is 0 Å². The quantitative estimate of drug-likeness (QED) is 0.900. The third kappa shape index (κ3) is 2.56. The molecule has 1 amide bonds. The molecule has 3 aliphatic rings. The van der Waals surface area contributed by atoms with E-state index >= 15 is 0 Å². The van der Waals surface area contributed by atoms with Crippen LogP contribution in [0.4, 0.5) is 4.39 Å². The molecule has 0 radical (unpaired) electrons. The van der Waals surface area contributed by atoms with Crippen molar-refractivity contribution in [1.82, 2.24) is 10.2 Å². The number of nitrogens with one attached hydrogen (secondary N) is 1. The van der Waals surface area contributed by atoms with Crippen LogP contribution in [0.25, 0.3) is 0 Å². The molecule has 5 heteroatoms. The van der Waals surface area contributed by atoms with Gasteiger partial charge in [-0.15, -0.1) is 0 Å². The number of fused-ring (bicyclic) bond motifs is 1. The second-order valence-corrected chi connectivity index (χ2v) is 7.09. The Balaban J connectivity index is 1.64. The Morgan fingerprint density at radius 2 is 1.91 bits per heavy atom. The second kappa shape index (κ2) is 5.87. The summed E-state index contributed by atoms with van der Waals surface area (Å²) in [5, 5.41) is 3.40. The third-order valence-corrected chi connectivity index (χ3v) is 5.81. The lowest BCUT2D eigenvalue weighted by Gasteiger charge is -2.39. The van der Waals surface area contributed by atoms with E-state index in [-0.39, 0.29) is 11.7 Å². The fraction of sp³-hybridized carbons (Fsp3) is 0.611. The molecule has 0 unspecified atom stereocenters. The smallest absolute Gasteiger partial charge is 0.233 e. The Bertz CT molecular complexity index is 588. The van der Waals surface area contributed by atoms with Gasteiger partial charge < -0.3 is 15.0 Å². The average molecular weight is 318 g/mol. The first kappa shape index (κ1) is 15.1. The molecule has 2 atom stereocenters. The highest BCUT2D eigenvalue weighted by Gasteiger charge is 2.48. The molecule has 124 valence electrons. The van der Waals surface area contributed by atoms with Crippen molar-refractivity contribution in [2.45, 2.75) is 18.3 Å². The van der Waals surface area contributed by atoms with Crippen LogP contribution in [0.3, 0.4) is 0 Å². The number of carbonyl (C=O) groups is 1. The van der Waals surface area contributed by atoms with Crippen LogP contribution in [-0.4, -0.2) is 50.2 Å². The highest BCUT2D eigenvalue weighted by molar-refractivity contribution is 5.88. The van der Waals surface area contributed by atoms with Crippen LogP contribution in [0.5, 0.6) is 0 Å². The molecule has 4 nitrogen and oxygen atoms in total. The molecule has 3 fully saturated rings. The van der Waals surface area contributed by atoms with Gasteiger partial charge in [-0.05, 0) is 42.4 Å². The van der Waals surface area contributed by atoms with Crippen molar-refractivity contribution in [3.05, 3.63) is 35.6 Å². The predicted octanol–water partition coefficient (Wildman–Crippen LogP) is 1.55. The molecule has 0 bridgehead atoms. The topological polar surface area (TPSA) is 41.6 Å². The lowest BCUT2D eigenvalue weighted by Crippen LogP contribution is -2.49. The first-order chi connectivity index (χ1) is 11.2. The summed E-state index contributed by atoms with van der Waals surface area (Å²) < 4.78 is 19.2. The van der Waals surface area contributed by atoms with Gasteiger partial charge in [0.15, 0.2) is 0 Å². The number of ether oxygens (including phenoxy) is 1. The number of benzene rings is 1. The van der Waals surface area contributed by atoms with Crippen molar-refractivity contribution in [1.29, 1.82) is 0 Å². The molecule has 0 aromatic heterocycles. The number of likely N-dealkylation sites (tertiary alicyclic amines) is 1. The third-order valence-electron chi connectivity index (χ3n) is 5.81. The number of amides is 1. The van der Waals surface area contributed by atoms with Crippen molar-refractivity contribution in [3.63, 3.8) is 0 Å². The highest BCUT2D eigenvalue weighted by atomic mass is 19.1. The van der Waals surface area contributed by atoms with E-state index in [0.717, 1.165) is 31.7 Å². The summed E-state index contributed by atoms with van der Waals surface area (Å²) in [7, 11) is 0. The van der Waals surface area contributed by atoms with Crippen LogP contribution in [-0.2, 0) is 14.9 Å². The van der Waals surface area contributed by atoms with Crippen LogP contribution >= 0.6 is 0 Å². The summed E-state index contributed by atoms with van der Waals surface area (Å²) in [5.74, 6) is 1.04. The fourth-order valence-corrected chi connectivity index (χ4v) is 4.46. The summed E-state index contributed by atoms with van der Waals surface area (Å²) >= 11 is 0. The van der Waals surface area contributed by atoms with Gasteiger partial charge in [0.1, 0.15) is 5.82 Å². The van der Waals surface area contributed by atoms with Gasteiger partial charge in [-0.1, -0.05) is 12.1 Å². The average Bonchev–Trinajstić information content (AvgIpc) is 3.16. The fourth-order valence-electron chi connectivity index (χ4n) is 4.46. The van der Waals surface area contributed by atoms with Gasteiger partial charge in [0.25, 0.3) is 0 Å². The normalized spacial score (nSPS) is 29.5. The van der Waals surface area contributed by atoms with Gasteiger partial charge in [-0.2, -0.15) is 0 Å². The zero-order valence-corrected chi connectivity index (χ0v) is 13.3. The maximum absolute atomic E-state index is 13.8. The maximum atomic E-state index is 13.8. The molecule has 4 rings (SSSR count). The molecule has 3 aliphatic heterocycles. The second-order valence-electron chi connectivity index (χ2n) is 7.09. The number of rotatable bonds is 2. The van der Waals surface area contributed by atoms with E-state index in [0.29, 0.717) is 37.9 Å². The first-order valence-corrected chi connectivity index (χ1v) is 8.53. The standard InChI is InChI=1S/C18H23FN2O2/c19-16-3-1-2-15(8-16)18(4-6-23-7-5-18)17(22)21-11-13-9-20-10-14(13)12-21/h1-3,8,13-14,20H,4-7,9-12H2/t13-,14+. The summed E-state index contributed by atoms with van der Waals surface area (Å²) in [6.07, 6.45) is 1.28. The maximum Gasteiger partial charge on any atom is 0.233 e. The van der Waals surface area contributed by atoms with Gasteiger partial charge in [0, 0.05) is 39.4 Å². The number of carbonyl (C=O) groups excluding carboxylic acids is 1. The molecule has 1 N–H and O–H groups in total. The van der Waals surface area contributed by atoms with E-state index in [1.165, 1.54) is 12.1 Å². The van der Waals surface area contributed by atoms with Crippen molar-refractivity contribution < 1.29 is 13.9 Å². The molecule has 1 aromatic rings. The van der Waals surface area contributed by atoms with Crippen LogP contribution < -0.4 is 5.32 Å². The van der Waals surface area contributed by atoms with Crippen molar-refractivity contribution >= 4 is 5.91 Å². The molecule has 23 heavy (non-hydrogen) atoms. The number of halogens is 1. The Hall–Kier alpha value is -1.46. The SMILES string of the molecule is O=C(N1C[C@H]2CNC[C@H]2C1)C1(c2cccc(F)c2)CCOCC1. The Morgan fingerprint density at radius 3 is 2.57 bits per heavy atom.